The topological polar surface area (TPSA) is 143 Å². The first-order valence-corrected chi connectivity index (χ1v) is 11.0. The van der Waals surface area contributed by atoms with Crippen molar-refractivity contribution in [3.05, 3.63) is 41.2 Å². The molecule has 3 aromatic heterocycles. The van der Waals surface area contributed by atoms with Crippen molar-refractivity contribution in [2.24, 2.45) is 0 Å². The molecular weight excluding hydrogens is 432 g/mol. The van der Waals surface area contributed by atoms with Crippen molar-refractivity contribution in [2.75, 3.05) is 12.4 Å². The second-order valence-electron chi connectivity index (χ2n) is 7.26. The van der Waals surface area contributed by atoms with E-state index in [-0.39, 0.29) is 21.7 Å². The maximum atomic E-state index is 12.4. The van der Waals surface area contributed by atoms with Crippen molar-refractivity contribution in [3.63, 3.8) is 0 Å². The number of H-pyrrole nitrogens is 1. The molecule has 12 heteroatoms. The third-order valence-corrected chi connectivity index (χ3v) is 6.01. The lowest BCUT2D eigenvalue weighted by molar-refractivity contribution is 0.0594. The number of rotatable bonds is 6. The van der Waals surface area contributed by atoms with Gasteiger partial charge in [0.2, 0.25) is 5.09 Å². The molecule has 0 aromatic carbocycles. The van der Waals surface area contributed by atoms with Crippen LogP contribution in [0, 0.1) is 0 Å². The summed E-state index contributed by atoms with van der Waals surface area (Å²) in [6, 6.07) is 4.07. The predicted molar refractivity (Wildman–Crippen MR) is 110 cm³/mol. The molecule has 0 atom stereocenters. The monoisotopic (exact) mass is 452 g/mol. The van der Waals surface area contributed by atoms with Crippen LogP contribution in [0.2, 0.25) is 0 Å². The van der Waals surface area contributed by atoms with Gasteiger partial charge in [-0.1, -0.05) is 0 Å². The van der Waals surface area contributed by atoms with Gasteiger partial charge < -0.3 is 14.1 Å². The molecule has 0 unspecified atom stereocenters. The highest BCUT2D eigenvalue weighted by Crippen LogP contribution is 2.26. The fourth-order valence-electron chi connectivity index (χ4n) is 2.43. The fraction of sp³-hybridized carbons (Fsp3) is 0.278. The van der Waals surface area contributed by atoms with E-state index in [9.17, 15) is 18.0 Å². The van der Waals surface area contributed by atoms with Gasteiger partial charge in [0.15, 0.2) is 10.9 Å². The SMILES string of the molecule is COC(=O)c1cc(-c2csc(NC(=O)c3ccc(S(=O)(=O)NC(C)(C)C)o3)n2)c[nH]1. The zero-order chi connectivity index (χ0) is 22.1. The van der Waals surface area contributed by atoms with Crippen LogP contribution in [-0.2, 0) is 14.8 Å². The molecule has 0 spiro atoms. The van der Waals surface area contributed by atoms with Crippen molar-refractivity contribution < 1.29 is 27.2 Å². The van der Waals surface area contributed by atoms with Crippen LogP contribution in [0.25, 0.3) is 11.3 Å². The van der Waals surface area contributed by atoms with E-state index in [1.165, 1.54) is 30.6 Å². The van der Waals surface area contributed by atoms with E-state index in [0.29, 0.717) is 11.3 Å². The highest BCUT2D eigenvalue weighted by molar-refractivity contribution is 7.89. The lowest BCUT2D eigenvalue weighted by Gasteiger charge is -2.18. The van der Waals surface area contributed by atoms with E-state index in [0.717, 1.165) is 0 Å². The van der Waals surface area contributed by atoms with Gasteiger partial charge >= 0.3 is 5.97 Å². The number of methoxy groups -OCH3 is 1. The second kappa shape index (κ2) is 8.05. The minimum absolute atomic E-state index is 0.171. The van der Waals surface area contributed by atoms with Gasteiger partial charge in [-0.25, -0.2) is 22.9 Å². The summed E-state index contributed by atoms with van der Waals surface area (Å²) in [5.41, 5.74) is 0.766. The normalized spacial score (nSPS) is 12.0. The van der Waals surface area contributed by atoms with Crippen LogP contribution in [-0.4, -0.2) is 42.9 Å². The number of hydrogen-bond acceptors (Lipinski definition) is 8. The summed E-state index contributed by atoms with van der Waals surface area (Å²) in [4.78, 5) is 31.0. The molecule has 0 fully saturated rings. The summed E-state index contributed by atoms with van der Waals surface area (Å²) in [7, 11) is -2.61. The Morgan fingerprint density at radius 2 is 2.00 bits per heavy atom. The van der Waals surface area contributed by atoms with E-state index in [2.05, 4.69) is 24.7 Å². The molecule has 30 heavy (non-hydrogen) atoms. The summed E-state index contributed by atoms with van der Waals surface area (Å²) < 4.78 is 36.9. The number of aromatic nitrogens is 2. The molecule has 3 heterocycles. The van der Waals surface area contributed by atoms with Gasteiger partial charge in [0.1, 0.15) is 5.69 Å². The molecule has 3 aromatic rings. The summed E-state index contributed by atoms with van der Waals surface area (Å²) in [6.45, 7) is 5.08. The average molecular weight is 453 g/mol. The second-order valence-corrected chi connectivity index (χ2v) is 9.73. The van der Waals surface area contributed by atoms with Crippen molar-refractivity contribution in [3.8, 4) is 11.3 Å². The van der Waals surface area contributed by atoms with Gasteiger partial charge in [-0.3, -0.25) is 10.1 Å². The highest BCUT2D eigenvalue weighted by Gasteiger charge is 2.26. The minimum Gasteiger partial charge on any atom is -0.464 e. The standard InChI is InChI=1S/C18H20N4O6S2/c1-18(2,3)22-30(25,26)14-6-5-13(28-14)15(23)21-17-20-12(9-29-17)10-7-11(19-8-10)16(24)27-4/h5-9,19,22H,1-4H3,(H,20,21,23). The molecule has 0 radical (unpaired) electrons. The first-order chi connectivity index (χ1) is 14.0. The number of anilines is 1. The Hall–Kier alpha value is -2.96. The Kier molecular flexibility index (Phi) is 5.83. The average Bonchev–Trinajstić information content (AvgIpc) is 3.38. The molecule has 0 saturated heterocycles. The third kappa shape index (κ3) is 4.96. The number of hydrogen-bond donors (Lipinski definition) is 3. The van der Waals surface area contributed by atoms with Crippen molar-refractivity contribution in [2.45, 2.75) is 31.4 Å². The maximum Gasteiger partial charge on any atom is 0.354 e. The number of thiazole rings is 1. The zero-order valence-electron chi connectivity index (χ0n) is 16.6. The van der Waals surface area contributed by atoms with Crippen LogP contribution in [0.4, 0.5) is 5.13 Å². The molecule has 0 bridgehead atoms. The Morgan fingerprint density at radius 1 is 1.27 bits per heavy atom. The number of aromatic amines is 1. The predicted octanol–water partition coefficient (Wildman–Crippen LogP) is 2.85. The van der Waals surface area contributed by atoms with Crippen LogP contribution in [0.3, 0.4) is 0 Å². The first-order valence-electron chi connectivity index (χ1n) is 8.66. The van der Waals surface area contributed by atoms with Gasteiger partial charge in [0.05, 0.1) is 12.8 Å². The summed E-state index contributed by atoms with van der Waals surface area (Å²) in [6.07, 6.45) is 1.60. The quantitative estimate of drug-likeness (QED) is 0.488. The Labute approximate surface area is 176 Å². The van der Waals surface area contributed by atoms with Crippen LogP contribution in [0.1, 0.15) is 41.8 Å². The molecular formula is C18H20N4O6S2. The van der Waals surface area contributed by atoms with Gasteiger partial charge in [-0.05, 0) is 39.0 Å². The Balaban J connectivity index is 1.71. The lowest BCUT2D eigenvalue weighted by Crippen LogP contribution is -2.40. The fourth-order valence-corrected chi connectivity index (χ4v) is 4.50. The van der Waals surface area contributed by atoms with Gasteiger partial charge in [-0.15, -0.1) is 11.3 Å². The first kappa shape index (κ1) is 21.7. The van der Waals surface area contributed by atoms with Gasteiger partial charge in [0.25, 0.3) is 15.9 Å². The molecule has 1 amide bonds. The summed E-state index contributed by atoms with van der Waals surface area (Å²) in [5.74, 6) is -1.32. The lowest BCUT2D eigenvalue weighted by atomic mass is 10.1. The smallest absolute Gasteiger partial charge is 0.354 e. The molecule has 10 nitrogen and oxygen atoms in total. The van der Waals surface area contributed by atoms with E-state index in [1.807, 2.05) is 0 Å². The van der Waals surface area contributed by atoms with Gasteiger partial charge in [-0.2, -0.15) is 0 Å². The van der Waals surface area contributed by atoms with Crippen molar-refractivity contribution in [1.82, 2.24) is 14.7 Å². The van der Waals surface area contributed by atoms with Crippen LogP contribution < -0.4 is 10.0 Å². The van der Waals surface area contributed by atoms with E-state index < -0.39 is 27.4 Å². The molecule has 0 aliphatic rings. The largest absolute Gasteiger partial charge is 0.464 e. The number of ether oxygens (including phenoxy) is 1. The summed E-state index contributed by atoms with van der Waals surface area (Å²) in [5, 5.41) is 4.18. The van der Waals surface area contributed by atoms with E-state index in [1.54, 1.807) is 38.4 Å². The minimum atomic E-state index is -3.89. The number of sulfonamides is 1. The molecule has 3 rings (SSSR count). The molecule has 160 valence electrons. The summed E-state index contributed by atoms with van der Waals surface area (Å²) >= 11 is 1.17. The molecule has 3 N–H and O–H groups in total. The third-order valence-electron chi connectivity index (χ3n) is 3.62. The number of carbonyl (C=O) groups is 2. The number of esters is 1. The van der Waals surface area contributed by atoms with Crippen molar-refractivity contribution >= 4 is 38.4 Å². The Bertz CT molecular complexity index is 1180. The number of furan rings is 1. The highest BCUT2D eigenvalue weighted by atomic mass is 32.2. The van der Waals surface area contributed by atoms with Crippen LogP contribution >= 0.6 is 11.3 Å². The number of nitrogens with zero attached hydrogens (tertiary/aromatic N) is 1. The van der Waals surface area contributed by atoms with Gasteiger partial charge in [0, 0.05) is 22.7 Å². The van der Waals surface area contributed by atoms with Crippen LogP contribution in [0.15, 0.2) is 39.3 Å². The van der Waals surface area contributed by atoms with E-state index >= 15 is 0 Å². The molecule has 0 saturated carbocycles. The zero-order valence-corrected chi connectivity index (χ0v) is 18.2. The molecule has 0 aliphatic carbocycles. The van der Waals surface area contributed by atoms with Crippen LogP contribution in [0.5, 0.6) is 0 Å². The number of nitrogens with one attached hydrogen (secondary N) is 3. The van der Waals surface area contributed by atoms with E-state index in [4.69, 9.17) is 4.42 Å². The Morgan fingerprint density at radius 3 is 2.67 bits per heavy atom. The number of amides is 1. The van der Waals surface area contributed by atoms with Crippen molar-refractivity contribution in [1.29, 1.82) is 0 Å². The maximum absolute atomic E-state index is 12.4. The molecule has 0 aliphatic heterocycles. The number of carbonyl (C=O) groups excluding carboxylic acids is 2.